The highest BCUT2D eigenvalue weighted by atomic mass is 32.2. The van der Waals surface area contributed by atoms with E-state index in [4.69, 9.17) is 18.9 Å². The van der Waals surface area contributed by atoms with Gasteiger partial charge >= 0.3 is 23.9 Å². The van der Waals surface area contributed by atoms with E-state index in [2.05, 4.69) is 53.8 Å². The molecule has 55 heavy (non-hydrogen) atoms. The van der Waals surface area contributed by atoms with E-state index in [9.17, 15) is 19.2 Å². The number of rotatable bonds is 8. The summed E-state index contributed by atoms with van der Waals surface area (Å²) in [4.78, 5) is 55.4. The van der Waals surface area contributed by atoms with Gasteiger partial charge in [-0.1, -0.05) is 132 Å². The number of esters is 4. The van der Waals surface area contributed by atoms with E-state index in [1.807, 2.05) is 74.5 Å². The van der Waals surface area contributed by atoms with Crippen molar-refractivity contribution < 1.29 is 38.1 Å². The van der Waals surface area contributed by atoms with Crippen LogP contribution in [-0.4, -0.2) is 61.9 Å². The number of thioether (sulfide) groups is 3. The van der Waals surface area contributed by atoms with Crippen molar-refractivity contribution in [3.8, 4) is 0 Å². The minimum Gasteiger partial charge on any atom is -0.466 e. The van der Waals surface area contributed by atoms with Gasteiger partial charge in [-0.25, -0.2) is 19.2 Å². The van der Waals surface area contributed by atoms with E-state index in [1.165, 1.54) is 28.4 Å². The van der Waals surface area contributed by atoms with Crippen LogP contribution in [0.2, 0.25) is 0 Å². The van der Waals surface area contributed by atoms with E-state index in [-0.39, 0.29) is 20.3 Å². The average molecular weight is 792 g/mol. The quantitative estimate of drug-likeness (QED) is 0.106. The fourth-order valence-electron chi connectivity index (χ4n) is 7.54. The van der Waals surface area contributed by atoms with Crippen LogP contribution in [0.4, 0.5) is 5.69 Å². The fourth-order valence-corrected chi connectivity index (χ4v) is 12.6. The van der Waals surface area contributed by atoms with Gasteiger partial charge in [0.2, 0.25) is 0 Å². The second-order valence-electron chi connectivity index (χ2n) is 13.3. The molecule has 3 aliphatic rings. The summed E-state index contributed by atoms with van der Waals surface area (Å²) >= 11 is 3.02. The van der Waals surface area contributed by atoms with Gasteiger partial charge in [-0.15, -0.1) is 0 Å². The maximum atomic E-state index is 14.2. The molecule has 0 radical (unpaired) electrons. The largest absolute Gasteiger partial charge is 0.466 e. The lowest BCUT2D eigenvalue weighted by molar-refractivity contribution is -0.138. The second kappa shape index (κ2) is 14.8. The zero-order chi connectivity index (χ0) is 39.1. The Hall–Kier alpha value is -5.17. The summed E-state index contributed by atoms with van der Waals surface area (Å²) in [5.74, 6) is -3.18. The summed E-state index contributed by atoms with van der Waals surface area (Å²) in [5, 5.41) is 3.68. The molecular weight excluding hydrogens is 755 g/mol. The molecule has 280 valence electrons. The highest BCUT2D eigenvalue weighted by Crippen LogP contribution is 2.70. The van der Waals surface area contributed by atoms with Crippen molar-refractivity contribution in [1.29, 1.82) is 0 Å². The SMILES string of the molecule is COC(=O)C1=C(C(=O)OC)SC2(S1)C(C(=O)OC)=C(C(=O)OC)SC1=C2c2cc(C(c3ccccc3)(c3ccccc3)c3ccccc3)ccc2NC1(C)C. The van der Waals surface area contributed by atoms with Gasteiger partial charge in [-0.05, 0) is 48.2 Å². The van der Waals surface area contributed by atoms with E-state index in [0.29, 0.717) is 16.0 Å². The Kier molecular flexibility index (Phi) is 10.3. The molecule has 9 nitrogen and oxygen atoms in total. The lowest BCUT2D eigenvalue weighted by Gasteiger charge is -2.47. The third-order valence-electron chi connectivity index (χ3n) is 9.87. The molecule has 7 rings (SSSR count). The predicted octanol–water partition coefficient (Wildman–Crippen LogP) is 8.07. The summed E-state index contributed by atoms with van der Waals surface area (Å²) in [6, 6.07) is 37.0. The fraction of sp³-hybridized carbons (Fsp3) is 0.209. The summed E-state index contributed by atoms with van der Waals surface area (Å²) in [6.07, 6.45) is 0. The van der Waals surface area contributed by atoms with Gasteiger partial charge in [0, 0.05) is 21.7 Å². The molecule has 0 amide bonds. The molecule has 0 bridgehead atoms. The average Bonchev–Trinajstić information content (AvgIpc) is 3.61. The Labute approximate surface area is 331 Å². The molecule has 4 aromatic carbocycles. The normalized spacial score (nSPS) is 16.8. The van der Waals surface area contributed by atoms with Gasteiger partial charge < -0.3 is 24.3 Å². The van der Waals surface area contributed by atoms with Gasteiger partial charge in [-0.3, -0.25) is 0 Å². The second-order valence-corrected chi connectivity index (χ2v) is 17.0. The Morgan fingerprint density at radius 1 is 0.564 bits per heavy atom. The number of ether oxygens (including phenoxy) is 4. The maximum Gasteiger partial charge on any atom is 0.345 e. The van der Waals surface area contributed by atoms with Crippen molar-refractivity contribution in [1.82, 2.24) is 0 Å². The number of hydrogen-bond donors (Lipinski definition) is 1. The summed E-state index contributed by atoms with van der Waals surface area (Å²) in [7, 11) is 4.88. The van der Waals surface area contributed by atoms with E-state index < -0.39 is 38.9 Å². The molecule has 0 aromatic heterocycles. The molecule has 3 heterocycles. The van der Waals surface area contributed by atoms with Crippen molar-refractivity contribution in [2.24, 2.45) is 0 Å². The Morgan fingerprint density at radius 2 is 1.00 bits per heavy atom. The number of nitrogens with one attached hydrogen (secondary N) is 1. The van der Waals surface area contributed by atoms with E-state index >= 15 is 0 Å². The first kappa shape index (κ1) is 38.1. The Bertz CT molecular complexity index is 2190. The van der Waals surface area contributed by atoms with Crippen LogP contribution >= 0.6 is 35.3 Å². The molecule has 0 fully saturated rings. The molecule has 12 heteroatoms. The molecule has 0 saturated carbocycles. The van der Waals surface area contributed by atoms with Crippen molar-refractivity contribution in [2.45, 2.75) is 28.9 Å². The molecular formula is C43H37NO8S3. The van der Waals surface area contributed by atoms with Crippen LogP contribution < -0.4 is 5.32 Å². The minimum atomic E-state index is -1.62. The van der Waals surface area contributed by atoms with Gasteiger partial charge in [0.05, 0.1) is 45.0 Å². The minimum absolute atomic E-state index is 0.0230. The molecule has 1 N–H and O–H groups in total. The zero-order valence-corrected chi connectivity index (χ0v) is 33.3. The Morgan fingerprint density at radius 3 is 1.44 bits per heavy atom. The summed E-state index contributed by atoms with van der Waals surface area (Å²) < 4.78 is 19.4. The van der Waals surface area contributed by atoms with Crippen molar-refractivity contribution >= 4 is 70.4 Å². The van der Waals surface area contributed by atoms with Gasteiger partial charge in [0.15, 0.2) is 0 Å². The highest BCUT2D eigenvalue weighted by Gasteiger charge is 2.60. The first-order valence-electron chi connectivity index (χ1n) is 17.2. The molecule has 0 atom stereocenters. The number of hydrogen-bond acceptors (Lipinski definition) is 12. The summed E-state index contributed by atoms with van der Waals surface area (Å²) in [5.41, 5.74) is 4.31. The number of benzene rings is 4. The lowest BCUT2D eigenvalue weighted by Crippen LogP contribution is -2.44. The lowest BCUT2D eigenvalue weighted by atomic mass is 9.64. The van der Waals surface area contributed by atoms with Crippen LogP contribution in [0.3, 0.4) is 0 Å². The smallest absolute Gasteiger partial charge is 0.345 e. The zero-order valence-electron chi connectivity index (χ0n) is 30.9. The molecule has 1 spiro atoms. The maximum absolute atomic E-state index is 14.2. The van der Waals surface area contributed by atoms with E-state index in [1.54, 1.807) is 0 Å². The number of anilines is 1. The van der Waals surface area contributed by atoms with Gasteiger partial charge in [-0.2, -0.15) is 0 Å². The topological polar surface area (TPSA) is 117 Å². The van der Waals surface area contributed by atoms with Crippen LogP contribution in [0.15, 0.2) is 134 Å². The van der Waals surface area contributed by atoms with Gasteiger partial charge in [0.25, 0.3) is 0 Å². The third-order valence-corrected chi connectivity index (χ3v) is 14.5. The molecule has 0 aliphatic carbocycles. The first-order chi connectivity index (χ1) is 26.5. The standard InChI is InChI=1S/C43H37NO8S3/c1-41(2)36-31(43(32(37(45)49-3)33(53-36)38(46)50-4)54-34(39(47)51-5)35(55-43)40(48)52-6)29-24-28(22-23-30(29)44-41)42(25-16-10-7-11-17-25,26-18-12-8-13-19-26)27-20-14-9-15-21-27/h7-24,44H,1-6H3. The third kappa shape index (κ3) is 6.07. The Balaban J connectivity index is 1.60. The van der Waals surface area contributed by atoms with Gasteiger partial charge in [0.1, 0.15) is 18.8 Å². The monoisotopic (exact) mass is 791 g/mol. The highest BCUT2D eigenvalue weighted by molar-refractivity contribution is 8.26. The van der Waals surface area contributed by atoms with Crippen molar-refractivity contribution in [3.05, 3.63) is 162 Å². The predicted molar refractivity (Wildman–Crippen MR) is 217 cm³/mol. The molecule has 0 saturated heterocycles. The van der Waals surface area contributed by atoms with Crippen LogP contribution in [0, 0.1) is 0 Å². The summed E-state index contributed by atoms with van der Waals surface area (Å²) in [6.45, 7) is 3.94. The molecule has 3 aliphatic heterocycles. The van der Waals surface area contributed by atoms with Crippen LogP contribution in [-0.2, 0) is 43.5 Å². The van der Waals surface area contributed by atoms with Crippen LogP contribution in [0.1, 0.15) is 41.7 Å². The number of fused-ring (bicyclic) bond motifs is 3. The number of methoxy groups -OCH3 is 4. The number of carbonyl (C=O) groups is 4. The van der Waals surface area contributed by atoms with Crippen molar-refractivity contribution in [2.75, 3.05) is 33.8 Å². The van der Waals surface area contributed by atoms with E-state index in [0.717, 1.165) is 63.2 Å². The van der Waals surface area contributed by atoms with Crippen LogP contribution in [0.5, 0.6) is 0 Å². The van der Waals surface area contributed by atoms with Crippen molar-refractivity contribution in [3.63, 3.8) is 0 Å². The first-order valence-corrected chi connectivity index (χ1v) is 19.7. The molecule has 4 aromatic rings. The van der Waals surface area contributed by atoms with Crippen LogP contribution in [0.25, 0.3) is 5.57 Å². The molecule has 0 unspecified atom stereocenters. The number of carbonyl (C=O) groups excluding carboxylic acids is 4.